The van der Waals surface area contributed by atoms with Gasteiger partial charge in [-0.3, -0.25) is 0 Å². The van der Waals surface area contributed by atoms with Crippen molar-refractivity contribution in [1.29, 1.82) is 0 Å². The van der Waals surface area contributed by atoms with Crippen molar-refractivity contribution in [2.75, 3.05) is 45.5 Å². The van der Waals surface area contributed by atoms with Gasteiger partial charge in [0, 0.05) is 31.9 Å². The van der Waals surface area contributed by atoms with E-state index in [0.717, 1.165) is 36.5 Å². The summed E-state index contributed by atoms with van der Waals surface area (Å²) in [6.45, 7) is 5.84. The molecule has 1 fully saturated rings. The fraction of sp³-hybridized carbons (Fsp3) is 0.500. The number of aromatic nitrogens is 3. The standard InChI is InChI=1S/C16H24N6/c1-20-9-11-21(12-10-20)8-2-3-15-13-22(19-18-15)16-6-4-14(17)5-7-16/h4-7,13H,2-3,8-12,17H2,1H3. The molecular formula is C16H24N6. The number of piperazine rings is 1. The van der Waals surface area contributed by atoms with Gasteiger partial charge >= 0.3 is 0 Å². The number of aryl methyl sites for hydroxylation is 1. The molecular weight excluding hydrogens is 276 g/mol. The summed E-state index contributed by atoms with van der Waals surface area (Å²) in [5, 5.41) is 8.46. The summed E-state index contributed by atoms with van der Waals surface area (Å²) in [6.07, 6.45) is 4.11. The van der Waals surface area contributed by atoms with Crippen LogP contribution in [0.25, 0.3) is 5.69 Å². The first-order chi connectivity index (χ1) is 10.7. The minimum atomic E-state index is 0.760. The first-order valence-electron chi connectivity index (χ1n) is 7.89. The van der Waals surface area contributed by atoms with Crippen LogP contribution in [0.4, 0.5) is 5.69 Å². The minimum Gasteiger partial charge on any atom is -0.399 e. The maximum Gasteiger partial charge on any atom is 0.0832 e. The molecule has 1 aliphatic heterocycles. The smallest absolute Gasteiger partial charge is 0.0832 e. The third kappa shape index (κ3) is 3.84. The summed E-state index contributed by atoms with van der Waals surface area (Å²) in [5.74, 6) is 0. The molecule has 6 heteroatoms. The fourth-order valence-electron chi connectivity index (χ4n) is 2.72. The number of hydrogen-bond donors (Lipinski definition) is 1. The van der Waals surface area contributed by atoms with Gasteiger partial charge in [-0.15, -0.1) is 5.10 Å². The van der Waals surface area contributed by atoms with E-state index in [2.05, 4.69) is 27.2 Å². The van der Waals surface area contributed by atoms with Crippen LogP contribution in [0.1, 0.15) is 12.1 Å². The van der Waals surface area contributed by atoms with Crippen LogP contribution in [0.2, 0.25) is 0 Å². The van der Waals surface area contributed by atoms with Gasteiger partial charge in [0.05, 0.1) is 17.6 Å². The molecule has 118 valence electrons. The molecule has 3 rings (SSSR count). The van der Waals surface area contributed by atoms with Crippen molar-refractivity contribution < 1.29 is 0 Å². The molecule has 0 radical (unpaired) electrons. The van der Waals surface area contributed by atoms with Crippen LogP contribution in [0.5, 0.6) is 0 Å². The summed E-state index contributed by atoms with van der Waals surface area (Å²) >= 11 is 0. The molecule has 1 aromatic carbocycles. The van der Waals surface area contributed by atoms with E-state index >= 15 is 0 Å². The van der Waals surface area contributed by atoms with Gasteiger partial charge < -0.3 is 15.5 Å². The highest BCUT2D eigenvalue weighted by Gasteiger charge is 2.13. The van der Waals surface area contributed by atoms with Gasteiger partial charge in [0.2, 0.25) is 0 Å². The Kier molecular flexibility index (Phi) is 4.70. The summed E-state index contributed by atoms with van der Waals surface area (Å²) < 4.78 is 1.81. The SMILES string of the molecule is CN1CCN(CCCc2cn(-c3ccc(N)cc3)nn2)CC1. The minimum absolute atomic E-state index is 0.760. The van der Waals surface area contributed by atoms with Crippen molar-refractivity contribution in [1.82, 2.24) is 24.8 Å². The van der Waals surface area contributed by atoms with Gasteiger partial charge in [0.15, 0.2) is 0 Å². The first kappa shape index (κ1) is 15.0. The second-order valence-electron chi connectivity index (χ2n) is 5.99. The highest BCUT2D eigenvalue weighted by atomic mass is 15.4. The number of benzene rings is 1. The Morgan fingerprint density at radius 3 is 2.55 bits per heavy atom. The van der Waals surface area contributed by atoms with Crippen LogP contribution >= 0.6 is 0 Å². The zero-order chi connectivity index (χ0) is 15.4. The van der Waals surface area contributed by atoms with Gasteiger partial charge in [0.25, 0.3) is 0 Å². The molecule has 0 unspecified atom stereocenters. The Hall–Kier alpha value is -1.92. The van der Waals surface area contributed by atoms with Crippen molar-refractivity contribution in [2.24, 2.45) is 0 Å². The lowest BCUT2D eigenvalue weighted by Crippen LogP contribution is -2.44. The van der Waals surface area contributed by atoms with Gasteiger partial charge in [-0.25, -0.2) is 4.68 Å². The molecule has 22 heavy (non-hydrogen) atoms. The van der Waals surface area contributed by atoms with Crippen LogP contribution in [0.15, 0.2) is 30.5 Å². The van der Waals surface area contributed by atoms with E-state index in [1.165, 1.54) is 26.2 Å². The molecule has 6 nitrogen and oxygen atoms in total. The molecule has 2 aromatic rings. The van der Waals surface area contributed by atoms with Crippen LogP contribution < -0.4 is 5.73 Å². The lowest BCUT2D eigenvalue weighted by molar-refractivity contribution is 0.153. The fourth-order valence-corrected chi connectivity index (χ4v) is 2.72. The van der Waals surface area contributed by atoms with Crippen LogP contribution in [-0.4, -0.2) is 64.6 Å². The number of hydrogen-bond acceptors (Lipinski definition) is 5. The highest BCUT2D eigenvalue weighted by Crippen LogP contribution is 2.11. The molecule has 2 heterocycles. The molecule has 0 spiro atoms. The maximum atomic E-state index is 5.70. The Balaban J connectivity index is 1.48. The highest BCUT2D eigenvalue weighted by molar-refractivity contribution is 5.44. The molecule has 0 aliphatic carbocycles. The average Bonchev–Trinajstić information content (AvgIpc) is 2.99. The number of anilines is 1. The Morgan fingerprint density at radius 1 is 1.09 bits per heavy atom. The number of nitrogens with two attached hydrogens (primary N) is 1. The Morgan fingerprint density at radius 2 is 1.82 bits per heavy atom. The number of likely N-dealkylation sites (N-methyl/N-ethyl adjacent to an activating group) is 1. The number of nitrogens with zero attached hydrogens (tertiary/aromatic N) is 5. The topological polar surface area (TPSA) is 63.2 Å². The third-order valence-electron chi connectivity index (χ3n) is 4.20. The molecule has 1 saturated heterocycles. The lowest BCUT2D eigenvalue weighted by atomic mass is 10.2. The summed E-state index contributed by atoms with van der Waals surface area (Å²) in [4.78, 5) is 4.92. The van der Waals surface area contributed by atoms with Crippen LogP contribution in [-0.2, 0) is 6.42 Å². The lowest BCUT2D eigenvalue weighted by Gasteiger charge is -2.32. The van der Waals surface area contributed by atoms with Crippen molar-refractivity contribution >= 4 is 5.69 Å². The van der Waals surface area contributed by atoms with Crippen molar-refractivity contribution in [3.8, 4) is 5.69 Å². The van der Waals surface area contributed by atoms with E-state index in [4.69, 9.17) is 5.73 Å². The average molecular weight is 300 g/mol. The van der Waals surface area contributed by atoms with E-state index < -0.39 is 0 Å². The van der Waals surface area contributed by atoms with E-state index in [1.807, 2.05) is 35.1 Å². The molecule has 1 aromatic heterocycles. The van der Waals surface area contributed by atoms with Gasteiger partial charge in [-0.05, 0) is 50.7 Å². The quantitative estimate of drug-likeness (QED) is 0.836. The summed E-state index contributed by atoms with van der Waals surface area (Å²) in [5.41, 5.74) is 8.50. The second-order valence-corrected chi connectivity index (χ2v) is 5.99. The van der Waals surface area contributed by atoms with E-state index in [9.17, 15) is 0 Å². The molecule has 2 N–H and O–H groups in total. The zero-order valence-electron chi connectivity index (χ0n) is 13.1. The number of nitrogen functional groups attached to an aromatic ring is 1. The second kappa shape index (κ2) is 6.89. The molecule has 0 amide bonds. The van der Waals surface area contributed by atoms with E-state index in [0.29, 0.717) is 0 Å². The molecule has 0 bridgehead atoms. The summed E-state index contributed by atoms with van der Waals surface area (Å²) in [6, 6.07) is 7.67. The van der Waals surface area contributed by atoms with Crippen molar-refractivity contribution in [3.63, 3.8) is 0 Å². The molecule has 1 aliphatic rings. The first-order valence-corrected chi connectivity index (χ1v) is 7.89. The Bertz CT molecular complexity index is 583. The largest absolute Gasteiger partial charge is 0.399 e. The monoisotopic (exact) mass is 300 g/mol. The van der Waals surface area contributed by atoms with Gasteiger partial charge in [-0.1, -0.05) is 5.21 Å². The summed E-state index contributed by atoms with van der Waals surface area (Å²) in [7, 11) is 2.19. The predicted molar refractivity (Wildman–Crippen MR) is 88.0 cm³/mol. The Labute approximate surface area is 131 Å². The number of rotatable bonds is 5. The van der Waals surface area contributed by atoms with Crippen molar-refractivity contribution in [2.45, 2.75) is 12.8 Å². The van der Waals surface area contributed by atoms with Gasteiger partial charge in [-0.2, -0.15) is 0 Å². The molecule has 0 atom stereocenters. The van der Waals surface area contributed by atoms with E-state index in [1.54, 1.807) is 0 Å². The predicted octanol–water partition coefficient (Wildman–Crippen LogP) is 1.03. The third-order valence-corrected chi connectivity index (χ3v) is 4.20. The normalized spacial score (nSPS) is 17.0. The zero-order valence-corrected chi connectivity index (χ0v) is 13.1. The van der Waals surface area contributed by atoms with Crippen LogP contribution in [0, 0.1) is 0 Å². The molecule has 0 saturated carbocycles. The van der Waals surface area contributed by atoms with Crippen LogP contribution in [0.3, 0.4) is 0 Å². The van der Waals surface area contributed by atoms with E-state index in [-0.39, 0.29) is 0 Å². The van der Waals surface area contributed by atoms with Gasteiger partial charge in [0.1, 0.15) is 0 Å². The van der Waals surface area contributed by atoms with Crippen molar-refractivity contribution in [3.05, 3.63) is 36.2 Å². The maximum absolute atomic E-state index is 5.70.